The summed E-state index contributed by atoms with van der Waals surface area (Å²) in [6.07, 6.45) is 4.23. The third-order valence-corrected chi connectivity index (χ3v) is 7.42. The van der Waals surface area contributed by atoms with Crippen molar-refractivity contribution >= 4 is 17.5 Å². The second-order valence-electron chi connectivity index (χ2n) is 9.48. The first-order valence-corrected chi connectivity index (χ1v) is 11.9. The zero-order valence-electron chi connectivity index (χ0n) is 19.2. The number of nitrogens with zero attached hydrogens (tertiary/aromatic N) is 5. The highest BCUT2D eigenvalue weighted by Gasteiger charge is 2.54. The van der Waals surface area contributed by atoms with Crippen molar-refractivity contribution in [3.8, 4) is 5.75 Å². The first-order chi connectivity index (χ1) is 15.6. The lowest BCUT2D eigenvalue weighted by Crippen LogP contribution is -2.51. The van der Waals surface area contributed by atoms with Gasteiger partial charge in [0.15, 0.2) is 11.6 Å². The van der Waals surface area contributed by atoms with E-state index in [9.17, 15) is 4.79 Å². The maximum Gasteiger partial charge on any atom is 0.233 e. The topological polar surface area (TPSA) is 61.8 Å². The Hall–Kier alpha value is -2.83. The number of benzene rings is 1. The van der Waals surface area contributed by atoms with E-state index in [2.05, 4.69) is 39.1 Å². The van der Waals surface area contributed by atoms with Crippen molar-refractivity contribution in [3.63, 3.8) is 0 Å². The van der Waals surface area contributed by atoms with Crippen LogP contribution in [0.3, 0.4) is 0 Å². The van der Waals surface area contributed by atoms with Gasteiger partial charge in [-0.3, -0.25) is 4.79 Å². The number of hydrogen-bond donors (Lipinski definition) is 0. The molecular formula is C25H33N5O2. The number of piperazine rings is 1. The number of hydrogen-bond acceptors (Lipinski definition) is 6. The molecule has 3 aliphatic rings. The molecule has 1 saturated carbocycles. The number of aromatic nitrogens is 2. The van der Waals surface area contributed by atoms with Gasteiger partial charge in [0, 0.05) is 44.8 Å². The fourth-order valence-corrected chi connectivity index (χ4v) is 5.10. The van der Waals surface area contributed by atoms with E-state index >= 15 is 0 Å². The molecule has 7 nitrogen and oxygen atoms in total. The van der Waals surface area contributed by atoms with E-state index in [4.69, 9.17) is 4.74 Å². The number of amides is 1. The summed E-state index contributed by atoms with van der Waals surface area (Å²) in [5.74, 6) is 3.73. The number of anilines is 2. The molecule has 5 rings (SSSR count). The number of ether oxygens (including phenoxy) is 1. The van der Waals surface area contributed by atoms with Crippen LogP contribution in [0, 0.1) is 5.92 Å². The van der Waals surface area contributed by atoms with E-state index in [1.165, 1.54) is 12.8 Å². The molecule has 1 amide bonds. The van der Waals surface area contributed by atoms with Gasteiger partial charge in [0.1, 0.15) is 5.75 Å². The fourth-order valence-electron chi connectivity index (χ4n) is 5.10. The minimum atomic E-state index is -0.401. The van der Waals surface area contributed by atoms with Crippen molar-refractivity contribution in [1.82, 2.24) is 15.1 Å². The molecule has 2 saturated heterocycles. The average molecular weight is 436 g/mol. The van der Waals surface area contributed by atoms with Gasteiger partial charge in [0.25, 0.3) is 0 Å². The molecule has 0 atom stereocenters. The fraction of sp³-hybridized carbons (Fsp3) is 0.560. The summed E-state index contributed by atoms with van der Waals surface area (Å²) in [5.41, 5.74) is 0.630. The Morgan fingerprint density at radius 1 is 0.906 bits per heavy atom. The Balaban J connectivity index is 1.20. The smallest absolute Gasteiger partial charge is 0.233 e. The first kappa shape index (κ1) is 21.0. The lowest BCUT2D eigenvalue weighted by atomic mass is 9.93. The number of rotatable bonds is 5. The van der Waals surface area contributed by atoms with Gasteiger partial charge in [0.05, 0.1) is 12.5 Å². The number of carbonyl (C=O) groups is 1. The number of methoxy groups -OCH3 is 1. The molecule has 0 N–H and O–H groups in total. The Kier molecular flexibility index (Phi) is 5.66. The van der Waals surface area contributed by atoms with Gasteiger partial charge in [-0.2, -0.15) is 0 Å². The molecule has 3 fully saturated rings. The van der Waals surface area contributed by atoms with Crippen molar-refractivity contribution in [2.45, 2.75) is 38.0 Å². The predicted octanol–water partition coefficient (Wildman–Crippen LogP) is 3.10. The predicted molar refractivity (Wildman–Crippen MR) is 125 cm³/mol. The summed E-state index contributed by atoms with van der Waals surface area (Å²) in [6.45, 7) is 7.42. The Labute approximate surface area is 190 Å². The maximum atomic E-state index is 13.5. The molecule has 1 aromatic carbocycles. The van der Waals surface area contributed by atoms with E-state index in [0.29, 0.717) is 13.1 Å². The van der Waals surface area contributed by atoms with Gasteiger partial charge in [-0.15, -0.1) is 10.2 Å². The molecular weight excluding hydrogens is 402 g/mol. The van der Waals surface area contributed by atoms with Crippen LogP contribution in [0.4, 0.5) is 11.6 Å². The van der Waals surface area contributed by atoms with Crippen molar-refractivity contribution in [3.05, 3.63) is 42.0 Å². The Morgan fingerprint density at radius 2 is 1.50 bits per heavy atom. The monoisotopic (exact) mass is 435 g/mol. The second kappa shape index (κ2) is 8.60. The quantitative estimate of drug-likeness (QED) is 0.719. The van der Waals surface area contributed by atoms with Gasteiger partial charge < -0.3 is 19.4 Å². The third kappa shape index (κ3) is 3.89. The lowest BCUT2D eigenvalue weighted by Gasteiger charge is -2.37. The van der Waals surface area contributed by atoms with Crippen LogP contribution in [0.15, 0.2) is 36.4 Å². The summed E-state index contributed by atoms with van der Waals surface area (Å²) in [6, 6.07) is 12.1. The zero-order valence-corrected chi connectivity index (χ0v) is 19.2. The molecule has 0 bridgehead atoms. The van der Waals surface area contributed by atoms with Crippen LogP contribution >= 0.6 is 0 Å². The van der Waals surface area contributed by atoms with Crippen molar-refractivity contribution < 1.29 is 9.53 Å². The van der Waals surface area contributed by atoms with Crippen LogP contribution in [-0.2, 0) is 10.2 Å². The molecule has 2 aromatic rings. The van der Waals surface area contributed by atoms with Gasteiger partial charge in [-0.05, 0) is 49.8 Å². The molecule has 32 heavy (non-hydrogen) atoms. The van der Waals surface area contributed by atoms with Crippen molar-refractivity contribution in [2.75, 3.05) is 56.2 Å². The maximum absolute atomic E-state index is 13.5. The summed E-state index contributed by atoms with van der Waals surface area (Å²) in [5, 5.41) is 9.02. The molecule has 3 heterocycles. The van der Waals surface area contributed by atoms with Crippen LogP contribution < -0.4 is 14.5 Å². The molecule has 0 spiro atoms. The van der Waals surface area contributed by atoms with Crippen molar-refractivity contribution in [2.24, 2.45) is 5.92 Å². The number of piperidine rings is 1. The SMILES string of the molecule is COc1ccccc1C1(C(=O)N2CCN(c3ccc(N4CCC(C)CC4)nn3)CC2)CC1. The van der Waals surface area contributed by atoms with Gasteiger partial charge in [-0.25, -0.2) is 0 Å². The van der Waals surface area contributed by atoms with E-state index in [1.807, 2.05) is 29.2 Å². The third-order valence-electron chi connectivity index (χ3n) is 7.42. The Morgan fingerprint density at radius 3 is 2.06 bits per heavy atom. The normalized spacial score (nSPS) is 20.9. The highest BCUT2D eigenvalue weighted by atomic mass is 16.5. The van der Waals surface area contributed by atoms with E-state index in [0.717, 1.165) is 67.9 Å². The minimum Gasteiger partial charge on any atom is -0.496 e. The van der Waals surface area contributed by atoms with Gasteiger partial charge >= 0.3 is 0 Å². The van der Waals surface area contributed by atoms with E-state index in [1.54, 1.807) is 7.11 Å². The van der Waals surface area contributed by atoms with Crippen molar-refractivity contribution in [1.29, 1.82) is 0 Å². The Bertz CT molecular complexity index is 943. The summed E-state index contributed by atoms with van der Waals surface area (Å²) in [4.78, 5) is 20.0. The van der Waals surface area contributed by atoms with Gasteiger partial charge in [-0.1, -0.05) is 25.1 Å². The van der Waals surface area contributed by atoms with Crippen LogP contribution in [0.5, 0.6) is 5.75 Å². The molecule has 7 heteroatoms. The van der Waals surface area contributed by atoms with E-state index in [-0.39, 0.29) is 5.91 Å². The number of carbonyl (C=O) groups excluding carboxylic acids is 1. The van der Waals surface area contributed by atoms with Crippen LogP contribution in [0.1, 0.15) is 38.2 Å². The van der Waals surface area contributed by atoms with Crippen LogP contribution in [0.2, 0.25) is 0 Å². The van der Waals surface area contributed by atoms with Gasteiger partial charge in [0.2, 0.25) is 5.91 Å². The second-order valence-corrected chi connectivity index (χ2v) is 9.48. The number of para-hydroxylation sites is 1. The standard InChI is InChI=1S/C25H33N5O2/c1-19-9-13-28(14-10-19)22-7-8-23(27-26-22)29-15-17-30(18-16-29)24(31)25(11-12-25)20-5-3-4-6-21(20)32-2/h3-8,19H,9-18H2,1-2H3. The van der Waals surface area contributed by atoms with E-state index < -0.39 is 5.41 Å². The first-order valence-electron chi connectivity index (χ1n) is 11.9. The summed E-state index contributed by atoms with van der Waals surface area (Å²) < 4.78 is 5.55. The molecule has 0 unspecified atom stereocenters. The lowest BCUT2D eigenvalue weighted by molar-refractivity contribution is -0.134. The highest BCUT2D eigenvalue weighted by molar-refractivity contribution is 5.92. The highest BCUT2D eigenvalue weighted by Crippen LogP contribution is 2.52. The molecule has 0 radical (unpaired) electrons. The summed E-state index contributed by atoms with van der Waals surface area (Å²) in [7, 11) is 1.68. The molecule has 1 aliphatic carbocycles. The van der Waals surface area contributed by atoms with Crippen LogP contribution in [0.25, 0.3) is 0 Å². The molecule has 170 valence electrons. The van der Waals surface area contributed by atoms with Crippen LogP contribution in [-0.4, -0.2) is 67.4 Å². The molecule has 1 aromatic heterocycles. The zero-order chi connectivity index (χ0) is 22.1. The minimum absolute atomic E-state index is 0.238. The average Bonchev–Trinajstić information content (AvgIpc) is 3.66. The largest absolute Gasteiger partial charge is 0.496 e. The summed E-state index contributed by atoms with van der Waals surface area (Å²) >= 11 is 0. The molecule has 2 aliphatic heterocycles.